The number of nitrogens with zero attached hydrogens (tertiary/aromatic N) is 4. The summed E-state index contributed by atoms with van der Waals surface area (Å²) in [5.41, 5.74) is 17.5. The molecule has 5 N–H and O–H groups in total. The number of fused-ring (bicyclic) bond motifs is 2. The Kier molecular flexibility index (Phi) is 12.1. The van der Waals surface area contributed by atoms with Gasteiger partial charge in [-0.3, -0.25) is 19.4 Å². The van der Waals surface area contributed by atoms with Crippen LogP contribution in [0.3, 0.4) is 0 Å². The highest BCUT2D eigenvalue weighted by molar-refractivity contribution is 7.98. The number of ether oxygens (including phenoxy) is 1. The predicted octanol–water partition coefficient (Wildman–Crippen LogP) is 11.1. The van der Waals surface area contributed by atoms with E-state index < -0.39 is 0 Å². The summed E-state index contributed by atoms with van der Waals surface area (Å²) >= 11 is 7.75. The van der Waals surface area contributed by atoms with Gasteiger partial charge >= 0.3 is 0 Å². The van der Waals surface area contributed by atoms with Gasteiger partial charge in [-0.2, -0.15) is 0 Å². The third-order valence-corrected chi connectivity index (χ3v) is 13.7. The van der Waals surface area contributed by atoms with E-state index in [2.05, 4.69) is 66.9 Å². The second-order valence-corrected chi connectivity index (χ2v) is 19.0. The quantitative estimate of drug-likeness (QED) is 0.0803. The first-order chi connectivity index (χ1) is 29.6. The summed E-state index contributed by atoms with van der Waals surface area (Å²) < 4.78 is 9.60. The van der Waals surface area contributed by atoms with E-state index in [0.717, 1.165) is 121 Å². The van der Waals surface area contributed by atoms with Gasteiger partial charge in [-0.05, 0) is 146 Å². The molecule has 12 heteroatoms. The van der Waals surface area contributed by atoms with E-state index in [1.165, 1.54) is 30.4 Å². The monoisotopic (exact) mass is 854 g/mol. The zero-order chi connectivity index (χ0) is 41.9. The van der Waals surface area contributed by atoms with Crippen molar-refractivity contribution in [3.8, 4) is 11.5 Å². The molecular formula is C49H55ClN8O2S. The molecule has 2 aromatic carbocycles. The first kappa shape index (κ1) is 41.1. The SMILES string of the molecule is CC1(C)CCCC(CN2CCN(c3ccc(C(=O)NSc4cc(N)c5c(c4)CC[C@H](c4ccccn4)N5)c(Oc4cnc5[nH]ccc5c4)c3)CC2)=C(C2=CC=C(Cl)CCC2)C1. The highest BCUT2D eigenvalue weighted by Gasteiger charge is 2.29. The number of hydrogen-bond donors (Lipinski definition) is 4. The van der Waals surface area contributed by atoms with Crippen LogP contribution in [0.1, 0.15) is 92.9 Å². The van der Waals surface area contributed by atoms with Crippen molar-refractivity contribution in [2.24, 2.45) is 5.41 Å². The Morgan fingerprint density at radius 3 is 2.74 bits per heavy atom. The molecule has 1 atom stereocenters. The summed E-state index contributed by atoms with van der Waals surface area (Å²) in [4.78, 5) is 32.1. The average Bonchev–Trinajstić information content (AvgIpc) is 3.55. The van der Waals surface area contributed by atoms with Crippen LogP contribution in [0, 0.1) is 5.41 Å². The number of carbonyl (C=O) groups is 1. The molecule has 10 nitrogen and oxygen atoms in total. The summed E-state index contributed by atoms with van der Waals surface area (Å²) in [6.45, 7) is 9.53. The molecule has 0 saturated carbocycles. The first-order valence-corrected chi connectivity index (χ1v) is 22.9. The molecule has 316 valence electrons. The van der Waals surface area contributed by atoms with E-state index in [9.17, 15) is 4.79 Å². The van der Waals surface area contributed by atoms with Crippen molar-refractivity contribution in [3.05, 3.63) is 130 Å². The lowest BCUT2D eigenvalue weighted by molar-refractivity contribution is 0.0982. The fourth-order valence-electron chi connectivity index (χ4n) is 9.35. The number of nitrogen functional groups attached to an aromatic ring is 1. The largest absolute Gasteiger partial charge is 0.455 e. The van der Waals surface area contributed by atoms with Crippen LogP contribution in [0.25, 0.3) is 11.0 Å². The van der Waals surface area contributed by atoms with Crippen LogP contribution in [0.5, 0.6) is 11.5 Å². The van der Waals surface area contributed by atoms with Crippen molar-refractivity contribution < 1.29 is 9.53 Å². The zero-order valence-corrected chi connectivity index (χ0v) is 36.7. The molecule has 1 amide bonds. The Bertz CT molecular complexity index is 2500. The predicted molar refractivity (Wildman–Crippen MR) is 250 cm³/mol. The lowest BCUT2D eigenvalue weighted by atomic mass is 9.80. The van der Waals surface area contributed by atoms with Gasteiger partial charge in [0.1, 0.15) is 17.1 Å². The second-order valence-electron chi connectivity index (χ2n) is 17.6. The smallest absolute Gasteiger partial charge is 0.265 e. The number of anilines is 3. The van der Waals surface area contributed by atoms with Crippen molar-refractivity contribution in [3.63, 3.8) is 0 Å². The third-order valence-electron chi connectivity index (χ3n) is 12.6. The number of rotatable bonds is 10. The number of aromatic nitrogens is 3. The van der Waals surface area contributed by atoms with Crippen molar-refractivity contribution in [1.29, 1.82) is 0 Å². The first-order valence-electron chi connectivity index (χ1n) is 21.7. The van der Waals surface area contributed by atoms with Gasteiger partial charge in [-0.1, -0.05) is 43.2 Å². The van der Waals surface area contributed by atoms with Gasteiger partial charge in [0.05, 0.1) is 34.9 Å². The molecule has 61 heavy (non-hydrogen) atoms. The molecule has 5 aromatic rings. The number of aryl methyl sites for hydroxylation is 1. The number of carbonyl (C=O) groups excluding carboxylic acids is 1. The van der Waals surface area contributed by atoms with E-state index in [1.54, 1.807) is 17.3 Å². The van der Waals surface area contributed by atoms with Crippen LogP contribution in [0.15, 0.2) is 118 Å². The fourth-order valence-corrected chi connectivity index (χ4v) is 10.3. The average molecular weight is 856 g/mol. The standard InChI is InChI=1S/C49H55ClN8O2S/c1-49(2)18-6-8-35(41(29-49)32-7-5-9-36(50)13-11-32)31-57-21-23-58(24-22-57)37-14-15-40(45(27-37)60-38-25-34-17-20-53-47(34)54-30-38)48(59)56-61-39-26-33-12-16-44(43-10-3-4-19-52-43)55-46(33)42(51)28-39/h3-4,10-11,13-15,17,19-20,25-28,30,44,55H,5-9,12,16,18,21-24,29,31,51H2,1-2H3,(H,53,54)(H,56,59)/t44-/m1/s1. The van der Waals surface area contributed by atoms with Crippen LogP contribution >= 0.6 is 23.5 Å². The summed E-state index contributed by atoms with van der Waals surface area (Å²) in [6.07, 6.45) is 19.5. The lowest BCUT2D eigenvalue weighted by Crippen LogP contribution is -2.47. The number of benzene rings is 2. The van der Waals surface area contributed by atoms with Crippen molar-refractivity contribution in [2.45, 2.75) is 82.6 Å². The van der Waals surface area contributed by atoms with Crippen LogP contribution in [-0.4, -0.2) is 58.5 Å². The van der Waals surface area contributed by atoms with Gasteiger partial charge in [-0.25, -0.2) is 4.98 Å². The number of aromatic amines is 1. The minimum atomic E-state index is -0.256. The number of piperazine rings is 1. The topological polar surface area (TPSA) is 124 Å². The van der Waals surface area contributed by atoms with Crippen molar-refractivity contribution in [2.75, 3.05) is 48.7 Å². The molecule has 0 bridgehead atoms. The number of amides is 1. The Balaban J connectivity index is 0.906. The third kappa shape index (κ3) is 9.64. The van der Waals surface area contributed by atoms with Crippen LogP contribution in [0.4, 0.5) is 17.1 Å². The Hall–Kier alpha value is -5.23. The molecule has 2 aliphatic heterocycles. The van der Waals surface area contributed by atoms with E-state index in [4.69, 9.17) is 22.1 Å². The highest BCUT2D eigenvalue weighted by Crippen LogP contribution is 2.43. The van der Waals surface area contributed by atoms with Gasteiger partial charge in [0.15, 0.2) is 0 Å². The zero-order valence-electron chi connectivity index (χ0n) is 35.1. The fraction of sp³-hybridized carbons (Fsp3) is 0.367. The molecule has 2 aliphatic carbocycles. The number of H-pyrrole nitrogens is 1. The molecule has 0 spiro atoms. The van der Waals surface area contributed by atoms with E-state index in [0.29, 0.717) is 28.2 Å². The van der Waals surface area contributed by atoms with Gasteiger partial charge in [0, 0.05) is 72.2 Å². The summed E-state index contributed by atoms with van der Waals surface area (Å²) in [5.74, 6) is 0.784. The Labute approximate surface area is 368 Å². The molecule has 4 aliphatic rings. The van der Waals surface area contributed by atoms with Crippen LogP contribution in [0.2, 0.25) is 0 Å². The molecule has 3 aromatic heterocycles. The van der Waals surface area contributed by atoms with E-state index in [1.807, 2.05) is 67.0 Å². The number of allylic oxidation sites excluding steroid dienone is 5. The highest BCUT2D eigenvalue weighted by atomic mass is 35.5. The Morgan fingerprint density at radius 2 is 1.89 bits per heavy atom. The van der Waals surface area contributed by atoms with E-state index >= 15 is 0 Å². The van der Waals surface area contributed by atoms with Gasteiger partial charge in [0.2, 0.25) is 0 Å². The summed E-state index contributed by atoms with van der Waals surface area (Å²) in [6, 6.07) is 19.9. The number of halogens is 1. The minimum Gasteiger partial charge on any atom is -0.455 e. The normalized spacial score (nSPS) is 19.6. The maximum absolute atomic E-state index is 14.0. The van der Waals surface area contributed by atoms with Crippen LogP contribution < -0.4 is 25.4 Å². The molecule has 0 unspecified atom stereocenters. The number of nitrogens with two attached hydrogens (primary N) is 1. The molecule has 5 heterocycles. The van der Waals surface area contributed by atoms with E-state index in [-0.39, 0.29) is 11.9 Å². The van der Waals surface area contributed by atoms with Gasteiger partial charge in [-0.15, -0.1) is 0 Å². The van der Waals surface area contributed by atoms with Crippen molar-refractivity contribution >= 4 is 57.6 Å². The summed E-state index contributed by atoms with van der Waals surface area (Å²) in [5, 5.41) is 5.49. The van der Waals surface area contributed by atoms with Gasteiger partial charge < -0.3 is 25.7 Å². The molecular weight excluding hydrogens is 800 g/mol. The number of pyridine rings is 2. The summed E-state index contributed by atoms with van der Waals surface area (Å²) in [7, 11) is 0. The lowest BCUT2D eigenvalue weighted by Gasteiger charge is -2.37. The van der Waals surface area contributed by atoms with Gasteiger partial charge in [0.25, 0.3) is 5.91 Å². The minimum absolute atomic E-state index is 0.102. The molecule has 1 saturated heterocycles. The van der Waals surface area contributed by atoms with Crippen LogP contribution in [-0.2, 0) is 6.42 Å². The number of hydrogen-bond acceptors (Lipinski definition) is 9. The Morgan fingerprint density at radius 1 is 1.00 bits per heavy atom. The number of nitrogens with one attached hydrogen (secondary N) is 3. The second kappa shape index (κ2) is 18.0. The maximum atomic E-state index is 14.0. The molecule has 9 rings (SSSR count). The van der Waals surface area contributed by atoms with Crippen molar-refractivity contribution in [1.82, 2.24) is 24.6 Å². The maximum Gasteiger partial charge on any atom is 0.265 e. The molecule has 1 fully saturated rings. The molecule has 0 radical (unpaired) electrons.